The Balaban J connectivity index is 3.57. The molecule has 1 rings (SSSR count). The van der Waals surface area contributed by atoms with E-state index in [0.29, 0.717) is 13.0 Å². The van der Waals surface area contributed by atoms with Gasteiger partial charge in [-0.2, -0.15) is 0 Å². The van der Waals surface area contributed by atoms with Gasteiger partial charge in [-0.25, -0.2) is 4.79 Å². The minimum atomic E-state index is -0.839. The molecule has 2 N–H and O–H groups in total. The Morgan fingerprint density at radius 1 is 1.03 bits per heavy atom. The summed E-state index contributed by atoms with van der Waals surface area (Å²) in [6.45, 7) is 19.6. The van der Waals surface area contributed by atoms with Crippen molar-refractivity contribution >= 4 is 17.9 Å². The molecule has 7 heteroatoms. The molecule has 0 bridgehead atoms. The fraction of sp³-hybridized carbons (Fsp3) is 0.679. The number of hydrogen-bond acceptors (Lipinski definition) is 4. The van der Waals surface area contributed by atoms with Crippen molar-refractivity contribution in [2.75, 3.05) is 6.54 Å². The third-order valence-electron chi connectivity index (χ3n) is 6.10. The molecule has 0 saturated heterocycles. The lowest BCUT2D eigenvalue weighted by Crippen LogP contribution is -2.57. The van der Waals surface area contributed by atoms with E-state index in [1.54, 1.807) is 25.7 Å². The van der Waals surface area contributed by atoms with Crippen LogP contribution >= 0.6 is 0 Å². The summed E-state index contributed by atoms with van der Waals surface area (Å²) in [6, 6.07) is 4.01. The van der Waals surface area contributed by atoms with E-state index in [1.165, 1.54) is 0 Å². The molecule has 198 valence electrons. The quantitative estimate of drug-likeness (QED) is 0.405. The lowest BCUT2D eigenvalue weighted by molar-refractivity contribution is -0.146. The molecule has 3 amide bonds. The van der Waals surface area contributed by atoms with Gasteiger partial charge in [-0.1, -0.05) is 52.3 Å². The van der Waals surface area contributed by atoms with Gasteiger partial charge in [-0.05, 0) is 77.0 Å². The summed E-state index contributed by atoms with van der Waals surface area (Å²) in [5, 5.41) is 5.82. The third kappa shape index (κ3) is 8.86. The summed E-state index contributed by atoms with van der Waals surface area (Å²) >= 11 is 0. The zero-order chi connectivity index (χ0) is 26.9. The van der Waals surface area contributed by atoms with Gasteiger partial charge in [-0.3, -0.25) is 9.59 Å². The zero-order valence-corrected chi connectivity index (χ0v) is 23.5. The number of rotatable bonds is 11. The Kier molecular flexibility index (Phi) is 11.7. The van der Waals surface area contributed by atoms with Crippen molar-refractivity contribution in [2.45, 2.75) is 112 Å². The highest BCUT2D eigenvalue weighted by atomic mass is 16.6. The van der Waals surface area contributed by atoms with Gasteiger partial charge >= 0.3 is 6.09 Å². The van der Waals surface area contributed by atoms with Gasteiger partial charge in [0.05, 0.1) is 0 Å². The van der Waals surface area contributed by atoms with E-state index in [-0.39, 0.29) is 23.8 Å². The van der Waals surface area contributed by atoms with Gasteiger partial charge in [0.15, 0.2) is 0 Å². The lowest BCUT2D eigenvalue weighted by Gasteiger charge is -2.40. The largest absolute Gasteiger partial charge is 0.444 e. The van der Waals surface area contributed by atoms with Gasteiger partial charge in [0, 0.05) is 12.6 Å². The second kappa shape index (κ2) is 13.5. The van der Waals surface area contributed by atoms with Gasteiger partial charge in [0.1, 0.15) is 17.7 Å². The third-order valence-corrected chi connectivity index (χ3v) is 6.10. The minimum Gasteiger partial charge on any atom is -0.444 e. The van der Waals surface area contributed by atoms with Crippen molar-refractivity contribution in [3.63, 3.8) is 0 Å². The summed E-state index contributed by atoms with van der Waals surface area (Å²) < 4.78 is 5.43. The van der Waals surface area contributed by atoms with Crippen molar-refractivity contribution in [1.82, 2.24) is 15.5 Å². The number of nitrogens with zero attached hydrogens (tertiary/aromatic N) is 1. The van der Waals surface area contributed by atoms with Crippen LogP contribution in [0.4, 0.5) is 4.79 Å². The molecule has 0 radical (unpaired) electrons. The number of amides is 3. The van der Waals surface area contributed by atoms with Crippen LogP contribution < -0.4 is 10.6 Å². The topological polar surface area (TPSA) is 87.7 Å². The highest BCUT2D eigenvalue weighted by Crippen LogP contribution is 2.31. The first kappa shape index (κ1) is 30.5. The molecule has 1 aromatic carbocycles. The average molecular weight is 490 g/mol. The first-order valence-electron chi connectivity index (χ1n) is 12.9. The number of unbranched alkanes of at least 4 members (excludes halogenated alkanes) is 1. The molecular weight excluding hydrogens is 442 g/mol. The Bertz CT molecular complexity index is 840. The van der Waals surface area contributed by atoms with Crippen LogP contribution in [0, 0.1) is 19.8 Å². The van der Waals surface area contributed by atoms with Crippen LogP contribution in [0.5, 0.6) is 0 Å². The number of carbonyl (C=O) groups is 3. The van der Waals surface area contributed by atoms with Crippen LogP contribution in [0.25, 0.3) is 0 Å². The Morgan fingerprint density at radius 3 is 2.06 bits per heavy atom. The van der Waals surface area contributed by atoms with E-state index in [0.717, 1.165) is 29.5 Å². The van der Waals surface area contributed by atoms with Crippen molar-refractivity contribution < 1.29 is 19.1 Å². The van der Waals surface area contributed by atoms with Crippen molar-refractivity contribution in [1.29, 1.82) is 0 Å². The number of ether oxygens (including phenoxy) is 1. The van der Waals surface area contributed by atoms with Gasteiger partial charge in [0.2, 0.25) is 11.8 Å². The molecule has 0 fully saturated rings. The monoisotopic (exact) mass is 489 g/mol. The molecule has 3 atom stereocenters. The summed E-state index contributed by atoms with van der Waals surface area (Å²) in [5.41, 5.74) is 2.03. The van der Waals surface area contributed by atoms with Crippen molar-refractivity contribution in [2.24, 2.45) is 5.92 Å². The van der Waals surface area contributed by atoms with Gasteiger partial charge < -0.3 is 20.3 Å². The molecule has 35 heavy (non-hydrogen) atoms. The smallest absolute Gasteiger partial charge is 0.408 e. The van der Waals surface area contributed by atoms with Crippen LogP contribution in [0.3, 0.4) is 0 Å². The normalized spacial score (nSPS) is 14.1. The van der Waals surface area contributed by atoms with Crippen LogP contribution in [0.2, 0.25) is 0 Å². The molecule has 7 nitrogen and oxygen atoms in total. The van der Waals surface area contributed by atoms with E-state index in [2.05, 4.69) is 17.6 Å². The van der Waals surface area contributed by atoms with Crippen molar-refractivity contribution in [3.8, 4) is 0 Å². The van der Waals surface area contributed by atoms with Crippen LogP contribution in [-0.2, 0) is 14.3 Å². The lowest BCUT2D eigenvalue weighted by atomic mass is 9.91. The molecule has 3 unspecified atom stereocenters. The molecule has 0 aliphatic rings. The van der Waals surface area contributed by atoms with Gasteiger partial charge in [-0.15, -0.1) is 0 Å². The van der Waals surface area contributed by atoms with Crippen LogP contribution in [0.1, 0.15) is 97.4 Å². The Morgan fingerprint density at radius 2 is 1.60 bits per heavy atom. The summed E-state index contributed by atoms with van der Waals surface area (Å²) in [5.74, 6) is -0.703. The van der Waals surface area contributed by atoms with Crippen LogP contribution in [-0.4, -0.2) is 47.0 Å². The number of carbonyl (C=O) groups excluding carboxylic acids is 3. The number of benzene rings is 1. The van der Waals surface area contributed by atoms with E-state index in [1.807, 2.05) is 59.7 Å². The van der Waals surface area contributed by atoms with E-state index < -0.39 is 23.8 Å². The number of nitrogens with one attached hydrogen (secondary N) is 2. The second-order valence-corrected chi connectivity index (χ2v) is 10.7. The second-order valence-electron chi connectivity index (χ2n) is 10.7. The van der Waals surface area contributed by atoms with E-state index >= 15 is 0 Å². The summed E-state index contributed by atoms with van der Waals surface area (Å²) in [7, 11) is 0. The van der Waals surface area contributed by atoms with E-state index in [4.69, 9.17) is 4.74 Å². The Hall–Kier alpha value is -2.57. The summed E-state index contributed by atoms with van der Waals surface area (Å²) in [6.07, 6.45) is 1.83. The summed E-state index contributed by atoms with van der Waals surface area (Å²) in [4.78, 5) is 42.1. The average Bonchev–Trinajstić information content (AvgIpc) is 2.74. The maximum Gasteiger partial charge on any atom is 0.408 e. The number of aryl methyl sites for hydroxylation is 2. The maximum atomic E-state index is 14.1. The Labute approximate surface area is 212 Å². The number of hydrogen-bond donors (Lipinski definition) is 2. The minimum absolute atomic E-state index is 0.204. The molecule has 0 heterocycles. The van der Waals surface area contributed by atoms with Crippen molar-refractivity contribution in [3.05, 3.63) is 34.9 Å². The predicted octanol–water partition coefficient (Wildman–Crippen LogP) is 5.44. The van der Waals surface area contributed by atoms with E-state index in [9.17, 15) is 14.4 Å². The molecule has 0 spiro atoms. The highest BCUT2D eigenvalue weighted by molar-refractivity contribution is 5.93. The first-order valence-corrected chi connectivity index (χ1v) is 12.9. The molecule has 0 aromatic heterocycles. The zero-order valence-electron chi connectivity index (χ0n) is 23.5. The molecule has 0 aliphatic heterocycles. The molecule has 0 aliphatic carbocycles. The molecule has 0 saturated carbocycles. The number of alkyl carbamates (subject to hydrolysis) is 1. The highest BCUT2D eigenvalue weighted by Gasteiger charge is 2.40. The fourth-order valence-corrected chi connectivity index (χ4v) is 4.04. The molecular formula is C28H47N3O4. The van der Waals surface area contributed by atoms with Gasteiger partial charge in [0.25, 0.3) is 0 Å². The predicted molar refractivity (Wildman–Crippen MR) is 141 cm³/mol. The standard InChI is InChI=1S/C28H47N3O4/c1-11-13-17-29-25(32)24(22-19(5)15-14-16-20(22)6)31(21(7)12-2)26(33)23(18(3)4)30-27(34)35-28(8,9)10/h14-16,18,21,23-24H,11-13,17H2,1-10H3,(H,29,32)(H,30,34). The maximum absolute atomic E-state index is 14.1. The fourth-order valence-electron chi connectivity index (χ4n) is 4.04. The first-order chi connectivity index (χ1) is 16.2. The SMILES string of the molecule is CCCCNC(=O)C(c1c(C)cccc1C)N(C(=O)C(NC(=O)OC(C)(C)C)C(C)C)C(C)CC. The molecule has 1 aromatic rings. The van der Waals surface area contributed by atoms with Crippen LogP contribution in [0.15, 0.2) is 18.2 Å².